The quantitative estimate of drug-likeness (QED) is 0.853. The van der Waals surface area contributed by atoms with Gasteiger partial charge < -0.3 is 15.2 Å². The van der Waals surface area contributed by atoms with Crippen LogP contribution in [-0.2, 0) is 18.3 Å². The average molecular weight is 318 g/mol. The Bertz CT molecular complexity index is 691. The molecule has 5 nitrogen and oxygen atoms in total. The lowest BCUT2D eigenvalue weighted by Gasteiger charge is -2.08. The van der Waals surface area contributed by atoms with Crippen molar-refractivity contribution >= 4 is 16.9 Å². The minimum Gasteiger partial charge on any atom is -0.356 e. The number of nitrogens with one attached hydrogen (secondary N) is 2. The van der Waals surface area contributed by atoms with E-state index in [2.05, 4.69) is 15.6 Å². The van der Waals surface area contributed by atoms with Gasteiger partial charge in [-0.25, -0.2) is 9.37 Å². The molecule has 3 rings (SSSR count). The van der Waals surface area contributed by atoms with Crippen molar-refractivity contribution in [3.05, 3.63) is 29.8 Å². The number of carbonyl (C=O) groups excluding carboxylic acids is 1. The van der Waals surface area contributed by atoms with Crippen LogP contribution in [0.1, 0.15) is 25.1 Å². The smallest absolute Gasteiger partial charge is 0.220 e. The third-order valence-corrected chi connectivity index (χ3v) is 4.57. The van der Waals surface area contributed by atoms with Crippen LogP contribution < -0.4 is 10.6 Å². The molecule has 1 aliphatic heterocycles. The van der Waals surface area contributed by atoms with Crippen LogP contribution in [0.15, 0.2) is 18.2 Å². The number of hydrogen-bond acceptors (Lipinski definition) is 3. The molecule has 23 heavy (non-hydrogen) atoms. The Morgan fingerprint density at radius 2 is 2.39 bits per heavy atom. The highest BCUT2D eigenvalue weighted by Gasteiger charge is 2.16. The first-order valence-corrected chi connectivity index (χ1v) is 8.22. The molecule has 1 aromatic heterocycles. The van der Waals surface area contributed by atoms with Gasteiger partial charge in [-0.1, -0.05) is 6.07 Å². The Labute approximate surface area is 135 Å². The third-order valence-electron chi connectivity index (χ3n) is 4.57. The van der Waals surface area contributed by atoms with Gasteiger partial charge in [0.2, 0.25) is 5.91 Å². The first-order valence-electron chi connectivity index (χ1n) is 8.22. The molecule has 1 aromatic carbocycles. The second kappa shape index (κ2) is 7.08. The molecule has 0 saturated carbocycles. The van der Waals surface area contributed by atoms with Crippen molar-refractivity contribution in [1.82, 2.24) is 20.2 Å². The molecule has 2 aromatic rings. The number of hydrogen-bond donors (Lipinski definition) is 2. The molecule has 6 heteroatoms. The van der Waals surface area contributed by atoms with Crippen LogP contribution in [-0.4, -0.2) is 35.1 Å². The molecule has 124 valence electrons. The van der Waals surface area contributed by atoms with E-state index in [1.807, 2.05) is 17.7 Å². The summed E-state index contributed by atoms with van der Waals surface area (Å²) in [7, 11) is 1.87. The van der Waals surface area contributed by atoms with Crippen LogP contribution >= 0.6 is 0 Å². The van der Waals surface area contributed by atoms with Gasteiger partial charge in [-0.05, 0) is 44.0 Å². The number of para-hydroxylation sites is 1. The van der Waals surface area contributed by atoms with Crippen molar-refractivity contribution in [2.45, 2.75) is 25.7 Å². The molecule has 0 radical (unpaired) electrons. The highest BCUT2D eigenvalue weighted by Crippen LogP contribution is 2.18. The van der Waals surface area contributed by atoms with Crippen molar-refractivity contribution in [1.29, 1.82) is 0 Å². The fourth-order valence-corrected chi connectivity index (χ4v) is 3.15. The molecule has 1 unspecified atom stereocenters. The average Bonchev–Trinajstić information content (AvgIpc) is 3.16. The zero-order chi connectivity index (χ0) is 16.2. The second-order valence-corrected chi connectivity index (χ2v) is 6.19. The van der Waals surface area contributed by atoms with Gasteiger partial charge in [0.05, 0.1) is 5.52 Å². The number of amides is 1. The van der Waals surface area contributed by atoms with Crippen molar-refractivity contribution in [2.75, 3.05) is 19.6 Å². The lowest BCUT2D eigenvalue weighted by atomic mass is 10.0. The van der Waals surface area contributed by atoms with Gasteiger partial charge in [0.1, 0.15) is 11.3 Å². The van der Waals surface area contributed by atoms with Crippen LogP contribution in [0.5, 0.6) is 0 Å². The van der Waals surface area contributed by atoms with Crippen molar-refractivity contribution < 1.29 is 9.18 Å². The van der Waals surface area contributed by atoms with E-state index in [1.165, 1.54) is 12.5 Å². The predicted molar refractivity (Wildman–Crippen MR) is 87.6 cm³/mol. The summed E-state index contributed by atoms with van der Waals surface area (Å²) < 4.78 is 15.6. The monoisotopic (exact) mass is 318 g/mol. The summed E-state index contributed by atoms with van der Waals surface area (Å²) in [5.74, 6) is 1.19. The lowest BCUT2D eigenvalue weighted by molar-refractivity contribution is -0.121. The summed E-state index contributed by atoms with van der Waals surface area (Å²) in [6, 6.07) is 4.95. The fourth-order valence-electron chi connectivity index (χ4n) is 3.15. The molecule has 1 amide bonds. The summed E-state index contributed by atoms with van der Waals surface area (Å²) >= 11 is 0. The van der Waals surface area contributed by atoms with E-state index in [1.54, 1.807) is 6.07 Å². The second-order valence-electron chi connectivity index (χ2n) is 6.19. The maximum absolute atomic E-state index is 13.7. The van der Waals surface area contributed by atoms with Crippen LogP contribution in [0.2, 0.25) is 0 Å². The van der Waals surface area contributed by atoms with Gasteiger partial charge in [-0.3, -0.25) is 4.79 Å². The Balaban J connectivity index is 1.49. The SMILES string of the molecule is Cn1c(CCNC(=O)CCC2CCNC2)nc2c(F)cccc21. The highest BCUT2D eigenvalue weighted by atomic mass is 19.1. The van der Waals surface area contributed by atoms with E-state index in [0.29, 0.717) is 30.8 Å². The summed E-state index contributed by atoms with van der Waals surface area (Å²) in [5, 5.41) is 6.25. The van der Waals surface area contributed by atoms with E-state index in [-0.39, 0.29) is 11.7 Å². The normalized spacial score (nSPS) is 17.7. The molecule has 1 aliphatic rings. The third kappa shape index (κ3) is 3.69. The largest absolute Gasteiger partial charge is 0.356 e. The van der Waals surface area contributed by atoms with Crippen LogP contribution in [0, 0.1) is 11.7 Å². The van der Waals surface area contributed by atoms with Crippen molar-refractivity contribution in [3.63, 3.8) is 0 Å². The number of halogens is 1. The van der Waals surface area contributed by atoms with E-state index in [0.717, 1.165) is 30.9 Å². The number of aromatic nitrogens is 2. The molecule has 1 atom stereocenters. The number of carbonyl (C=O) groups is 1. The Hall–Kier alpha value is -1.95. The molecule has 0 spiro atoms. The van der Waals surface area contributed by atoms with Crippen LogP contribution in [0.3, 0.4) is 0 Å². The van der Waals surface area contributed by atoms with E-state index >= 15 is 0 Å². The van der Waals surface area contributed by atoms with Crippen molar-refractivity contribution in [3.8, 4) is 0 Å². The minimum absolute atomic E-state index is 0.0850. The van der Waals surface area contributed by atoms with Gasteiger partial charge in [0, 0.05) is 26.4 Å². The molecule has 0 aliphatic carbocycles. The molecule has 0 bridgehead atoms. The number of fused-ring (bicyclic) bond motifs is 1. The topological polar surface area (TPSA) is 59.0 Å². The van der Waals surface area contributed by atoms with Gasteiger partial charge >= 0.3 is 0 Å². The zero-order valence-corrected chi connectivity index (χ0v) is 13.4. The van der Waals surface area contributed by atoms with E-state index in [9.17, 15) is 9.18 Å². The molecular weight excluding hydrogens is 295 g/mol. The highest BCUT2D eigenvalue weighted by molar-refractivity contribution is 5.77. The van der Waals surface area contributed by atoms with Gasteiger partial charge in [-0.15, -0.1) is 0 Å². The number of aryl methyl sites for hydroxylation is 1. The molecule has 2 N–H and O–H groups in total. The Kier molecular flexibility index (Phi) is 4.91. The molecular formula is C17H23FN4O. The Morgan fingerprint density at radius 3 is 3.13 bits per heavy atom. The van der Waals surface area contributed by atoms with Crippen molar-refractivity contribution in [2.24, 2.45) is 13.0 Å². The molecule has 2 heterocycles. The van der Waals surface area contributed by atoms with Crippen LogP contribution in [0.4, 0.5) is 4.39 Å². The fraction of sp³-hybridized carbons (Fsp3) is 0.529. The summed E-state index contributed by atoms with van der Waals surface area (Å²) in [5.41, 5.74) is 1.17. The molecule has 1 fully saturated rings. The first kappa shape index (κ1) is 15.9. The number of nitrogens with zero attached hydrogens (tertiary/aromatic N) is 2. The van der Waals surface area contributed by atoms with E-state index < -0.39 is 0 Å². The maximum atomic E-state index is 13.7. The van der Waals surface area contributed by atoms with Gasteiger partial charge in [0.15, 0.2) is 5.82 Å². The number of benzene rings is 1. The molecule has 1 saturated heterocycles. The summed E-state index contributed by atoms with van der Waals surface area (Å²) in [6.07, 6.45) is 3.28. The number of rotatable bonds is 6. The Morgan fingerprint density at radius 1 is 1.52 bits per heavy atom. The minimum atomic E-state index is -0.307. The number of imidazole rings is 1. The first-order chi connectivity index (χ1) is 11.1. The zero-order valence-electron chi connectivity index (χ0n) is 13.4. The van der Waals surface area contributed by atoms with Crippen LogP contribution in [0.25, 0.3) is 11.0 Å². The van der Waals surface area contributed by atoms with Gasteiger partial charge in [-0.2, -0.15) is 0 Å². The lowest BCUT2D eigenvalue weighted by Crippen LogP contribution is -2.26. The predicted octanol–water partition coefficient (Wildman–Crippen LogP) is 1.76. The maximum Gasteiger partial charge on any atom is 0.220 e. The van der Waals surface area contributed by atoms with E-state index in [4.69, 9.17) is 0 Å². The summed E-state index contributed by atoms with van der Waals surface area (Å²) in [6.45, 7) is 2.62. The van der Waals surface area contributed by atoms with Gasteiger partial charge in [0.25, 0.3) is 0 Å². The summed E-state index contributed by atoms with van der Waals surface area (Å²) in [4.78, 5) is 16.2. The standard InChI is InChI=1S/C17H23FN4O/c1-22-14-4-2-3-13(18)17(14)21-15(22)8-10-20-16(23)6-5-12-7-9-19-11-12/h2-4,12,19H,5-11H2,1H3,(H,20,23).